The number of hydrogen-bond donors (Lipinski definition) is 0. The second-order valence-electron chi connectivity index (χ2n) is 5.64. The van der Waals surface area contributed by atoms with Crippen LogP contribution in [0.5, 0.6) is 0 Å². The average Bonchev–Trinajstić information content (AvgIpc) is 2.90. The molecule has 0 radical (unpaired) electrons. The highest BCUT2D eigenvalue weighted by Gasteiger charge is 2.26. The number of carbonyl (C=O) groups is 1. The highest BCUT2D eigenvalue weighted by molar-refractivity contribution is 7.11. The smallest absolute Gasteiger partial charge is 0.222 e. The molecular formula is C15H22N2OS. The van der Waals surface area contributed by atoms with Gasteiger partial charge in [-0.3, -0.25) is 4.79 Å². The topological polar surface area (TPSA) is 33.2 Å². The number of rotatable bonds is 2. The molecule has 0 N–H and O–H groups in total. The van der Waals surface area contributed by atoms with Crippen molar-refractivity contribution in [1.29, 1.82) is 0 Å². The van der Waals surface area contributed by atoms with E-state index in [1.807, 2.05) is 23.2 Å². The zero-order chi connectivity index (χ0) is 13.2. The van der Waals surface area contributed by atoms with Gasteiger partial charge in [-0.1, -0.05) is 6.92 Å². The van der Waals surface area contributed by atoms with Crippen LogP contribution < -0.4 is 0 Å². The first-order valence-corrected chi connectivity index (χ1v) is 8.36. The Morgan fingerprint density at radius 2 is 2.05 bits per heavy atom. The Morgan fingerprint density at radius 3 is 2.74 bits per heavy atom. The predicted molar refractivity (Wildman–Crippen MR) is 77.6 cm³/mol. The van der Waals surface area contributed by atoms with E-state index in [4.69, 9.17) is 4.98 Å². The zero-order valence-corrected chi connectivity index (χ0v) is 12.5. The first-order valence-electron chi connectivity index (χ1n) is 7.54. The van der Waals surface area contributed by atoms with Crippen LogP contribution in [0.15, 0.2) is 0 Å². The van der Waals surface area contributed by atoms with E-state index in [2.05, 4.69) is 0 Å². The summed E-state index contributed by atoms with van der Waals surface area (Å²) in [6.07, 6.45) is 7.88. The highest BCUT2D eigenvalue weighted by atomic mass is 32.1. The van der Waals surface area contributed by atoms with Crippen LogP contribution in [0.2, 0.25) is 0 Å². The summed E-state index contributed by atoms with van der Waals surface area (Å²) in [6.45, 7) is 3.78. The van der Waals surface area contributed by atoms with Gasteiger partial charge >= 0.3 is 0 Å². The van der Waals surface area contributed by atoms with Crippen LogP contribution >= 0.6 is 11.3 Å². The van der Waals surface area contributed by atoms with Gasteiger partial charge in [0.1, 0.15) is 0 Å². The van der Waals surface area contributed by atoms with Crippen LogP contribution in [0.3, 0.4) is 0 Å². The molecule has 1 aromatic heterocycles. The van der Waals surface area contributed by atoms with Gasteiger partial charge in [0.25, 0.3) is 0 Å². The van der Waals surface area contributed by atoms with Crippen molar-refractivity contribution in [2.75, 3.05) is 13.1 Å². The van der Waals surface area contributed by atoms with E-state index in [0.29, 0.717) is 18.2 Å². The molecule has 1 amide bonds. The van der Waals surface area contributed by atoms with Crippen molar-refractivity contribution in [2.24, 2.45) is 0 Å². The third-order valence-corrected chi connectivity index (χ3v) is 5.68. The first-order chi connectivity index (χ1) is 9.28. The minimum atomic E-state index is 0.303. The monoisotopic (exact) mass is 278 g/mol. The molecule has 0 bridgehead atoms. The quantitative estimate of drug-likeness (QED) is 0.832. The van der Waals surface area contributed by atoms with Crippen molar-refractivity contribution in [2.45, 2.75) is 57.8 Å². The predicted octanol–water partition coefficient (Wildman–Crippen LogP) is 3.14. The maximum absolute atomic E-state index is 11.7. The standard InChI is InChI=1S/C15H22N2OS/c1-2-14(18)17-9-7-11(8-10-17)15-16-12-5-3-4-6-13(12)19-15/h11H,2-10H2,1H3. The molecule has 1 aliphatic carbocycles. The number of aryl methyl sites for hydroxylation is 2. The third kappa shape index (κ3) is 2.69. The molecule has 1 fully saturated rings. The molecule has 19 heavy (non-hydrogen) atoms. The van der Waals surface area contributed by atoms with Gasteiger partial charge in [-0.15, -0.1) is 11.3 Å². The molecule has 1 aromatic rings. The summed E-state index contributed by atoms with van der Waals surface area (Å²) in [5.74, 6) is 0.897. The molecule has 0 unspecified atom stereocenters. The van der Waals surface area contributed by atoms with Crippen LogP contribution in [0.25, 0.3) is 0 Å². The van der Waals surface area contributed by atoms with Crippen molar-refractivity contribution < 1.29 is 4.79 Å². The van der Waals surface area contributed by atoms with Crippen LogP contribution in [0.4, 0.5) is 0 Å². The molecule has 0 saturated carbocycles. The average molecular weight is 278 g/mol. The molecule has 104 valence electrons. The van der Waals surface area contributed by atoms with E-state index < -0.39 is 0 Å². The van der Waals surface area contributed by atoms with Crippen molar-refractivity contribution in [3.05, 3.63) is 15.6 Å². The fourth-order valence-electron chi connectivity index (χ4n) is 3.15. The number of fused-ring (bicyclic) bond motifs is 1. The van der Waals surface area contributed by atoms with Gasteiger partial charge in [-0.25, -0.2) is 4.98 Å². The van der Waals surface area contributed by atoms with E-state index in [1.54, 1.807) is 0 Å². The van der Waals surface area contributed by atoms with Gasteiger partial charge in [-0.05, 0) is 38.5 Å². The SMILES string of the molecule is CCC(=O)N1CCC(c2nc3c(s2)CCCC3)CC1. The molecule has 0 aromatic carbocycles. The van der Waals surface area contributed by atoms with Crippen molar-refractivity contribution >= 4 is 17.2 Å². The second kappa shape index (κ2) is 5.61. The van der Waals surface area contributed by atoms with E-state index in [-0.39, 0.29) is 0 Å². The van der Waals surface area contributed by atoms with Gasteiger partial charge in [-0.2, -0.15) is 0 Å². The Morgan fingerprint density at radius 1 is 1.32 bits per heavy atom. The Hall–Kier alpha value is -0.900. The lowest BCUT2D eigenvalue weighted by atomic mass is 9.97. The van der Waals surface area contributed by atoms with Gasteiger partial charge < -0.3 is 4.90 Å². The van der Waals surface area contributed by atoms with Crippen LogP contribution in [-0.2, 0) is 17.6 Å². The molecule has 3 nitrogen and oxygen atoms in total. The Labute approximate surface area is 119 Å². The van der Waals surface area contributed by atoms with Gasteiger partial charge in [0, 0.05) is 30.3 Å². The lowest BCUT2D eigenvalue weighted by Crippen LogP contribution is -2.37. The minimum Gasteiger partial charge on any atom is -0.343 e. The number of amides is 1. The molecule has 0 spiro atoms. The van der Waals surface area contributed by atoms with E-state index in [0.717, 1.165) is 25.9 Å². The van der Waals surface area contributed by atoms with Crippen LogP contribution in [-0.4, -0.2) is 28.9 Å². The summed E-state index contributed by atoms with van der Waals surface area (Å²) in [5.41, 5.74) is 1.37. The van der Waals surface area contributed by atoms with E-state index in [1.165, 1.54) is 41.3 Å². The Kier molecular flexibility index (Phi) is 3.87. The van der Waals surface area contributed by atoms with Crippen LogP contribution in [0, 0.1) is 0 Å². The van der Waals surface area contributed by atoms with E-state index >= 15 is 0 Å². The lowest BCUT2D eigenvalue weighted by molar-refractivity contribution is -0.131. The number of nitrogens with zero attached hydrogens (tertiary/aromatic N) is 2. The van der Waals surface area contributed by atoms with Gasteiger partial charge in [0.05, 0.1) is 10.7 Å². The maximum Gasteiger partial charge on any atom is 0.222 e. The summed E-state index contributed by atoms with van der Waals surface area (Å²) in [4.78, 5) is 20.1. The molecule has 0 atom stereocenters. The molecule has 1 saturated heterocycles. The number of hydrogen-bond acceptors (Lipinski definition) is 3. The fraction of sp³-hybridized carbons (Fsp3) is 0.733. The Bertz CT molecular complexity index is 437. The fourth-order valence-corrected chi connectivity index (χ4v) is 4.47. The maximum atomic E-state index is 11.7. The third-order valence-electron chi connectivity index (χ3n) is 4.36. The number of piperidine rings is 1. The van der Waals surface area contributed by atoms with Crippen LogP contribution in [0.1, 0.15) is 60.5 Å². The van der Waals surface area contributed by atoms with Gasteiger partial charge in [0.15, 0.2) is 0 Å². The number of likely N-dealkylation sites (tertiary alicyclic amines) is 1. The lowest BCUT2D eigenvalue weighted by Gasteiger charge is -2.30. The first kappa shape index (κ1) is 13.1. The normalized spacial score (nSPS) is 20.4. The van der Waals surface area contributed by atoms with Crippen molar-refractivity contribution in [1.82, 2.24) is 9.88 Å². The Balaban J connectivity index is 1.65. The number of carbonyl (C=O) groups excluding carboxylic acids is 1. The van der Waals surface area contributed by atoms with E-state index in [9.17, 15) is 4.79 Å². The summed E-state index contributed by atoms with van der Waals surface area (Å²) < 4.78 is 0. The minimum absolute atomic E-state index is 0.303. The molecule has 1 aliphatic heterocycles. The molecule has 4 heteroatoms. The number of aromatic nitrogens is 1. The molecule has 2 aliphatic rings. The molecular weight excluding hydrogens is 256 g/mol. The van der Waals surface area contributed by atoms with Crippen molar-refractivity contribution in [3.8, 4) is 0 Å². The number of thiazole rings is 1. The van der Waals surface area contributed by atoms with Gasteiger partial charge in [0.2, 0.25) is 5.91 Å². The molecule has 3 rings (SSSR count). The highest BCUT2D eigenvalue weighted by Crippen LogP contribution is 2.35. The second-order valence-corrected chi connectivity index (χ2v) is 6.75. The molecule has 2 heterocycles. The summed E-state index contributed by atoms with van der Waals surface area (Å²) in [6, 6.07) is 0. The largest absolute Gasteiger partial charge is 0.343 e. The summed E-state index contributed by atoms with van der Waals surface area (Å²) in [7, 11) is 0. The van der Waals surface area contributed by atoms with Crippen molar-refractivity contribution in [3.63, 3.8) is 0 Å². The summed E-state index contributed by atoms with van der Waals surface area (Å²) >= 11 is 1.94. The summed E-state index contributed by atoms with van der Waals surface area (Å²) in [5, 5.41) is 1.34. The zero-order valence-electron chi connectivity index (χ0n) is 11.7.